The van der Waals surface area contributed by atoms with Gasteiger partial charge >= 0.3 is 0 Å². The highest BCUT2D eigenvalue weighted by atomic mass is 32.1. The largest absolute Gasteiger partial charge is 0.496 e. The standard InChI is InChI=1S/C18H17N5O2S/c1-10-14(16(19)24)15(13-8-5-9-26-13)23-18(20-10)21-17(22-23)11-6-3-4-7-12(11)25-2/h3-9,15H,1-2H3,(H2,19,24)(H,20,21,22). The summed E-state index contributed by atoms with van der Waals surface area (Å²) in [5.41, 5.74) is 7.61. The second kappa shape index (κ2) is 6.30. The van der Waals surface area contributed by atoms with E-state index in [0.717, 1.165) is 10.4 Å². The highest BCUT2D eigenvalue weighted by molar-refractivity contribution is 7.10. The number of thiophene rings is 1. The highest BCUT2D eigenvalue weighted by Gasteiger charge is 2.34. The molecule has 0 spiro atoms. The van der Waals surface area contributed by atoms with E-state index in [-0.39, 0.29) is 0 Å². The van der Waals surface area contributed by atoms with Gasteiger partial charge in [-0.05, 0) is 30.5 Å². The molecule has 0 bridgehead atoms. The van der Waals surface area contributed by atoms with Crippen LogP contribution in [0, 0.1) is 0 Å². The first-order chi connectivity index (χ1) is 12.6. The number of para-hydroxylation sites is 1. The van der Waals surface area contributed by atoms with E-state index in [9.17, 15) is 4.79 Å². The van der Waals surface area contributed by atoms with Gasteiger partial charge in [0.05, 0.1) is 18.2 Å². The number of carbonyl (C=O) groups is 1. The maximum absolute atomic E-state index is 12.1. The van der Waals surface area contributed by atoms with Crippen molar-refractivity contribution in [3.8, 4) is 17.1 Å². The Morgan fingerprint density at radius 3 is 2.81 bits per heavy atom. The Morgan fingerprint density at radius 2 is 2.12 bits per heavy atom. The fourth-order valence-corrected chi connectivity index (χ4v) is 3.94. The van der Waals surface area contributed by atoms with Crippen molar-refractivity contribution in [1.82, 2.24) is 14.8 Å². The quantitative estimate of drug-likeness (QED) is 0.739. The zero-order chi connectivity index (χ0) is 18.3. The maximum Gasteiger partial charge on any atom is 0.248 e. The SMILES string of the molecule is COc1ccccc1-c1nc2n(n1)C(c1cccs1)C(C(N)=O)=C(C)N2. The van der Waals surface area contributed by atoms with E-state index in [4.69, 9.17) is 10.5 Å². The molecule has 0 saturated heterocycles. The van der Waals surface area contributed by atoms with Crippen LogP contribution in [-0.2, 0) is 4.79 Å². The van der Waals surface area contributed by atoms with Crippen LogP contribution < -0.4 is 15.8 Å². The van der Waals surface area contributed by atoms with E-state index in [2.05, 4.69) is 15.4 Å². The lowest BCUT2D eigenvalue weighted by molar-refractivity contribution is -0.115. The van der Waals surface area contributed by atoms with Crippen LogP contribution >= 0.6 is 11.3 Å². The minimum Gasteiger partial charge on any atom is -0.496 e. The Labute approximate surface area is 154 Å². The van der Waals surface area contributed by atoms with Crippen molar-refractivity contribution in [3.05, 3.63) is 57.9 Å². The molecule has 0 fully saturated rings. The van der Waals surface area contributed by atoms with Crippen LogP contribution in [-0.4, -0.2) is 27.8 Å². The molecular weight excluding hydrogens is 350 g/mol. The number of ether oxygens (including phenoxy) is 1. The number of nitrogens with one attached hydrogen (secondary N) is 1. The minimum absolute atomic E-state index is 0.403. The number of primary amides is 1. The van der Waals surface area contributed by atoms with Gasteiger partial charge in [0.25, 0.3) is 0 Å². The molecule has 26 heavy (non-hydrogen) atoms. The molecule has 1 atom stereocenters. The van der Waals surface area contributed by atoms with Crippen molar-refractivity contribution in [3.63, 3.8) is 0 Å². The molecule has 3 heterocycles. The summed E-state index contributed by atoms with van der Waals surface area (Å²) in [7, 11) is 1.61. The average Bonchev–Trinajstić information content (AvgIpc) is 3.29. The second-order valence-corrected chi connectivity index (χ2v) is 6.83. The maximum atomic E-state index is 12.1. The number of methoxy groups -OCH3 is 1. The average molecular weight is 367 g/mol. The normalized spacial score (nSPS) is 16.2. The van der Waals surface area contributed by atoms with Gasteiger partial charge in [-0.3, -0.25) is 4.79 Å². The van der Waals surface area contributed by atoms with Gasteiger partial charge in [0, 0.05) is 10.6 Å². The number of allylic oxidation sites excluding steroid dienone is 1. The number of hydrogen-bond donors (Lipinski definition) is 2. The van der Waals surface area contributed by atoms with Crippen LogP contribution in [0.2, 0.25) is 0 Å². The van der Waals surface area contributed by atoms with Gasteiger partial charge in [0.1, 0.15) is 11.8 Å². The number of benzene rings is 1. The number of fused-ring (bicyclic) bond motifs is 1. The fourth-order valence-electron chi connectivity index (χ4n) is 3.12. The van der Waals surface area contributed by atoms with Crippen molar-refractivity contribution in [1.29, 1.82) is 0 Å². The first kappa shape index (κ1) is 16.3. The molecule has 4 rings (SSSR count). The molecular formula is C18H17N5O2S. The zero-order valence-corrected chi connectivity index (χ0v) is 15.1. The lowest BCUT2D eigenvalue weighted by atomic mass is 10.0. The lowest BCUT2D eigenvalue weighted by Gasteiger charge is -2.26. The third-order valence-corrected chi connectivity index (χ3v) is 5.20. The van der Waals surface area contributed by atoms with Crippen molar-refractivity contribution < 1.29 is 9.53 Å². The Bertz CT molecular complexity index is 1010. The molecule has 7 nitrogen and oxygen atoms in total. The van der Waals surface area contributed by atoms with Gasteiger partial charge in [-0.1, -0.05) is 18.2 Å². The molecule has 3 aromatic rings. The van der Waals surface area contributed by atoms with Crippen LogP contribution in [0.1, 0.15) is 17.8 Å². The molecule has 2 aromatic heterocycles. The predicted molar refractivity (Wildman–Crippen MR) is 100.0 cm³/mol. The number of nitrogens with zero attached hydrogens (tertiary/aromatic N) is 3. The number of rotatable bonds is 4. The number of aromatic nitrogens is 3. The van der Waals surface area contributed by atoms with Gasteiger partial charge in [-0.15, -0.1) is 16.4 Å². The first-order valence-electron chi connectivity index (χ1n) is 8.01. The summed E-state index contributed by atoms with van der Waals surface area (Å²) in [6.45, 7) is 1.82. The Morgan fingerprint density at radius 1 is 1.31 bits per heavy atom. The summed E-state index contributed by atoms with van der Waals surface area (Å²) in [5.74, 6) is 1.29. The van der Waals surface area contributed by atoms with Gasteiger partial charge in [-0.25, -0.2) is 4.68 Å². The summed E-state index contributed by atoms with van der Waals surface area (Å²) < 4.78 is 7.13. The van der Waals surface area contributed by atoms with Gasteiger partial charge < -0.3 is 15.8 Å². The van der Waals surface area contributed by atoms with E-state index in [0.29, 0.717) is 28.8 Å². The molecule has 1 unspecified atom stereocenters. The second-order valence-electron chi connectivity index (χ2n) is 5.85. The van der Waals surface area contributed by atoms with Gasteiger partial charge in [0.2, 0.25) is 11.9 Å². The number of amides is 1. The lowest BCUT2D eigenvalue weighted by Crippen LogP contribution is -2.31. The third-order valence-electron chi connectivity index (χ3n) is 4.28. The molecule has 0 aliphatic carbocycles. The zero-order valence-electron chi connectivity index (χ0n) is 14.3. The predicted octanol–water partition coefficient (Wildman–Crippen LogP) is 2.79. The third kappa shape index (κ3) is 2.55. The molecule has 8 heteroatoms. The van der Waals surface area contributed by atoms with E-state index in [1.54, 1.807) is 23.1 Å². The van der Waals surface area contributed by atoms with Crippen LogP contribution in [0.4, 0.5) is 5.95 Å². The summed E-state index contributed by atoms with van der Waals surface area (Å²) >= 11 is 1.55. The number of carbonyl (C=O) groups excluding carboxylic acids is 1. The van der Waals surface area contributed by atoms with Crippen LogP contribution in [0.3, 0.4) is 0 Å². The van der Waals surface area contributed by atoms with Crippen LogP contribution in [0.25, 0.3) is 11.4 Å². The Hall–Kier alpha value is -3.13. The van der Waals surface area contributed by atoms with Crippen LogP contribution in [0.15, 0.2) is 53.0 Å². The van der Waals surface area contributed by atoms with E-state index in [1.165, 1.54) is 0 Å². The monoisotopic (exact) mass is 367 g/mol. The van der Waals surface area contributed by atoms with Crippen molar-refractivity contribution in [2.24, 2.45) is 5.73 Å². The minimum atomic E-state index is -0.478. The number of nitrogens with two attached hydrogens (primary N) is 1. The Kier molecular flexibility index (Phi) is 3.96. The number of anilines is 1. The molecule has 1 aliphatic heterocycles. The Balaban J connectivity index is 1.89. The molecule has 0 radical (unpaired) electrons. The summed E-state index contributed by atoms with van der Waals surface area (Å²) in [6.07, 6.45) is 0. The summed E-state index contributed by atoms with van der Waals surface area (Å²) in [5, 5.41) is 9.77. The molecule has 1 aromatic carbocycles. The molecule has 1 aliphatic rings. The topological polar surface area (TPSA) is 95.1 Å². The van der Waals surface area contributed by atoms with Gasteiger partial charge in [0.15, 0.2) is 5.82 Å². The van der Waals surface area contributed by atoms with Crippen LogP contribution in [0.5, 0.6) is 5.75 Å². The van der Waals surface area contributed by atoms with E-state index in [1.807, 2.05) is 48.7 Å². The smallest absolute Gasteiger partial charge is 0.248 e. The van der Waals surface area contributed by atoms with E-state index < -0.39 is 11.9 Å². The molecule has 132 valence electrons. The highest BCUT2D eigenvalue weighted by Crippen LogP contribution is 2.38. The first-order valence-corrected chi connectivity index (χ1v) is 8.89. The van der Waals surface area contributed by atoms with Crippen molar-refractivity contribution >= 4 is 23.2 Å². The van der Waals surface area contributed by atoms with E-state index >= 15 is 0 Å². The fraction of sp³-hybridized carbons (Fsp3) is 0.167. The molecule has 0 saturated carbocycles. The molecule has 1 amide bonds. The van der Waals surface area contributed by atoms with Crippen molar-refractivity contribution in [2.45, 2.75) is 13.0 Å². The summed E-state index contributed by atoms with van der Waals surface area (Å²) in [6, 6.07) is 11.0. The molecule has 3 N–H and O–H groups in total. The summed E-state index contributed by atoms with van der Waals surface area (Å²) in [4.78, 5) is 17.7. The van der Waals surface area contributed by atoms with Gasteiger partial charge in [-0.2, -0.15) is 4.98 Å². The number of hydrogen-bond acceptors (Lipinski definition) is 6. The van der Waals surface area contributed by atoms with Crippen molar-refractivity contribution in [2.75, 3.05) is 12.4 Å².